The number of amidine groups is 1. The Hall–Kier alpha value is -1.32. The second kappa shape index (κ2) is 7.98. The summed E-state index contributed by atoms with van der Waals surface area (Å²) in [7, 11) is 5.83. The molecule has 2 rings (SSSR count). The zero-order valence-electron chi connectivity index (χ0n) is 14.0. The van der Waals surface area contributed by atoms with Crippen LogP contribution in [0.1, 0.15) is 22.3 Å². The molecule has 2 nitrogen and oxygen atoms in total. The average molecular weight is 394 g/mol. The van der Waals surface area contributed by atoms with Gasteiger partial charge in [0.05, 0.1) is 0 Å². The third kappa shape index (κ3) is 4.36. The third-order valence-electron chi connectivity index (χ3n) is 3.95. The molecule has 0 saturated heterocycles. The molecule has 0 N–H and O–H groups in total. The lowest BCUT2D eigenvalue weighted by molar-refractivity contribution is 0.621. The molecular formula is C19H22BrClN2. The van der Waals surface area contributed by atoms with E-state index >= 15 is 0 Å². The quantitative estimate of drug-likeness (QED) is 0.519. The summed E-state index contributed by atoms with van der Waals surface area (Å²) < 4.78 is 1.11. The van der Waals surface area contributed by atoms with E-state index in [9.17, 15) is 0 Å². The van der Waals surface area contributed by atoms with Crippen LogP contribution in [0.15, 0.2) is 45.9 Å². The molecule has 0 aliphatic heterocycles. The van der Waals surface area contributed by atoms with Gasteiger partial charge in [0.2, 0.25) is 0 Å². The molecule has 0 unspecified atom stereocenters. The van der Waals surface area contributed by atoms with Gasteiger partial charge in [-0.1, -0.05) is 45.7 Å². The third-order valence-corrected chi connectivity index (χ3v) is 4.80. The predicted octanol–water partition coefficient (Wildman–Crippen LogP) is 5.13. The van der Waals surface area contributed by atoms with E-state index in [0.717, 1.165) is 39.3 Å². The second-order valence-corrected chi connectivity index (χ2v) is 7.10. The van der Waals surface area contributed by atoms with Crippen LogP contribution in [0.25, 0.3) is 0 Å². The van der Waals surface area contributed by atoms with Crippen molar-refractivity contribution in [2.45, 2.75) is 19.8 Å². The van der Waals surface area contributed by atoms with Gasteiger partial charge in [-0.05, 0) is 54.7 Å². The highest BCUT2D eigenvalue weighted by atomic mass is 79.9. The Morgan fingerprint density at radius 2 is 1.91 bits per heavy atom. The fourth-order valence-corrected chi connectivity index (χ4v) is 3.43. The highest BCUT2D eigenvalue weighted by Gasteiger charge is 2.14. The van der Waals surface area contributed by atoms with E-state index in [1.165, 1.54) is 11.1 Å². The number of hydrogen-bond acceptors (Lipinski definition) is 1. The van der Waals surface area contributed by atoms with Crippen LogP contribution in [0.4, 0.5) is 0 Å². The van der Waals surface area contributed by atoms with Gasteiger partial charge in [-0.3, -0.25) is 4.99 Å². The fourth-order valence-electron chi connectivity index (χ4n) is 2.75. The molecule has 0 atom stereocenters. The lowest BCUT2D eigenvalue weighted by Gasteiger charge is -2.19. The Balaban J connectivity index is 2.34. The van der Waals surface area contributed by atoms with Gasteiger partial charge in [0.1, 0.15) is 5.84 Å². The van der Waals surface area contributed by atoms with Crippen molar-refractivity contribution in [3.8, 4) is 0 Å². The molecule has 2 aromatic rings. The highest BCUT2D eigenvalue weighted by Crippen LogP contribution is 2.25. The van der Waals surface area contributed by atoms with Crippen LogP contribution in [0.2, 0.25) is 5.02 Å². The van der Waals surface area contributed by atoms with E-state index in [2.05, 4.69) is 52.1 Å². The lowest BCUT2D eigenvalue weighted by atomic mass is 9.96. The van der Waals surface area contributed by atoms with E-state index in [1.807, 2.05) is 38.2 Å². The molecule has 0 radical (unpaired) electrons. The standard InChI is InChI=1S/C19H22BrClN2/c1-13-8-10-15(20)12-14(13)9-11-16-17(6-5-7-18(16)21)19(22-2)23(3)4/h5-8,10,12H,9,11H2,1-4H3. The van der Waals surface area contributed by atoms with Crippen molar-refractivity contribution in [2.75, 3.05) is 21.1 Å². The maximum absolute atomic E-state index is 6.49. The van der Waals surface area contributed by atoms with Crippen molar-refractivity contribution >= 4 is 33.4 Å². The van der Waals surface area contributed by atoms with E-state index in [1.54, 1.807) is 0 Å². The van der Waals surface area contributed by atoms with Gasteiger partial charge in [0, 0.05) is 36.2 Å². The van der Waals surface area contributed by atoms with Crippen LogP contribution in [0, 0.1) is 6.92 Å². The van der Waals surface area contributed by atoms with Gasteiger partial charge >= 0.3 is 0 Å². The molecule has 0 fully saturated rings. The largest absolute Gasteiger partial charge is 0.363 e. The molecule has 0 spiro atoms. The minimum absolute atomic E-state index is 0.804. The number of aliphatic imine (C=N–C) groups is 1. The lowest BCUT2D eigenvalue weighted by Crippen LogP contribution is -2.24. The summed E-state index contributed by atoms with van der Waals surface area (Å²) in [5.41, 5.74) is 4.91. The van der Waals surface area contributed by atoms with E-state index < -0.39 is 0 Å². The van der Waals surface area contributed by atoms with Gasteiger partial charge < -0.3 is 4.90 Å². The summed E-state index contributed by atoms with van der Waals surface area (Å²) in [6, 6.07) is 12.4. The minimum atomic E-state index is 0.804. The minimum Gasteiger partial charge on any atom is -0.363 e. The molecule has 0 bridgehead atoms. The normalized spacial score (nSPS) is 11.7. The zero-order chi connectivity index (χ0) is 17.0. The summed E-state index contributed by atoms with van der Waals surface area (Å²) in [5.74, 6) is 0.952. The van der Waals surface area contributed by atoms with Gasteiger partial charge in [-0.15, -0.1) is 0 Å². The van der Waals surface area contributed by atoms with Gasteiger partial charge in [0.25, 0.3) is 0 Å². The number of hydrogen-bond donors (Lipinski definition) is 0. The second-order valence-electron chi connectivity index (χ2n) is 5.78. The number of rotatable bonds is 4. The van der Waals surface area contributed by atoms with E-state index in [0.29, 0.717) is 0 Å². The smallest absolute Gasteiger partial charge is 0.130 e. The van der Waals surface area contributed by atoms with Crippen molar-refractivity contribution in [2.24, 2.45) is 4.99 Å². The molecule has 0 aliphatic carbocycles. The molecule has 0 aliphatic rings. The number of halogens is 2. The first-order valence-electron chi connectivity index (χ1n) is 7.61. The SMILES string of the molecule is CN=C(c1cccc(Cl)c1CCc1cc(Br)ccc1C)N(C)C. The first kappa shape index (κ1) is 18.0. The Bertz CT molecular complexity index is 723. The van der Waals surface area contributed by atoms with Crippen LogP contribution < -0.4 is 0 Å². The molecule has 4 heteroatoms. The number of benzene rings is 2. The molecule has 2 aromatic carbocycles. The summed E-state index contributed by atoms with van der Waals surface area (Å²) in [6.07, 6.45) is 1.84. The molecular weight excluding hydrogens is 372 g/mol. The van der Waals surface area contributed by atoms with E-state index in [-0.39, 0.29) is 0 Å². The first-order chi connectivity index (χ1) is 10.9. The molecule has 0 saturated carbocycles. The van der Waals surface area contributed by atoms with Gasteiger partial charge in [-0.2, -0.15) is 0 Å². The first-order valence-corrected chi connectivity index (χ1v) is 8.78. The van der Waals surface area contributed by atoms with Crippen LogP contribution in [0.5, 0.6) is 0 Å². The van der Waals surface area contributed by atoms with E-state index in [4.69, 9.17) is 11.6 Å². The molecule has 0 aromatic heterocycles. The number of aryl methyl sites for hydroxylation is 2. The van der Waals surface area contributed by atoms with Crippen LogP contribution in [0.3, 0.4) is 0 Å². The van der Waals surface area contributed by atoms with Crippen LogP contribution in [-0.2, 0) is 12.8 Å². The van der Waals surface area contributed by atoms with Crippen molar-refractivity contribution in [1.82, 2.24) is 4.90 Å². The molecule has 0 heterocycles. The maximum atomic E-state index is 6.49. The Labute approximate surface area is 152 Å². The van der Waals surface area contributed by atoms with Crippen molar-refractivity contribution < 1.29 is 0 Å². The molecule has 23 heavy (non-hydrogen) atoms. The monoisotopic (exact) mass is 392 g/mol. The van der Waals surface area contributed by atoms with Gasteiger partial charge in [-0.25, -0.2) is 0 Å². The summed E-state index contributed by atoms with van der Waals surface area (Å²) in [4.78, 5) is 6.45. The van der Waals surface area contributed by atoms with Crippen molar-refractivity contribution in [3.05, 3.63) is 68.1 Å². The Morgan fingerprint density at radius 1 is 1.17 bits per heavy atom. The number of nitrogens with zero attached hydrogens (tertiary/aromatic N) is 2. The van der Waals surface area contributed by atoms with Crippen molar-refractivity contribution in [1.29, 1.82) is 0 Å². The van der Waals surface area contributed by atoms with Crippen LogP contribution in [-0.4, -0.2) is 31.9 Å². The molecule has 0 amide bonds. The molecule has 122 valence electrons. The summed E-state index contributed by atoms with van der Waals surface area (Å²) in [6.45, 7) is 2.15. The summed E-state index contributed by atoms with van der Waals surface area (Å²) >= 11 is 10.0. The van der Waals surface area contributed by atoms with Gasteiger partial charge in [0.15, 0.2) is 0 Å². The van der Waals surface area contributed by atoms with Crippen LogP contribution >= 0.6 is 27.5 Å². The topological polar surface area (TPSA) is 15.6 Å². The predicted molar refractivity (Wildman–Crippen MR) is 104 cm³/mol. The van der Waals surface area contributed by atoms with Crippen molar-refractivity contribution in [3.63, 3.8) is 0 Å². The zero-order valence-corrected chi connectivity index (χ0v) is 16.4. The highest BCUT2D eigenvalue weighted by molar-refractivity contribution is 9.10. The maximum Gasteiger partial charge on any atom is 0.130 e. The summed E-state index contributed by atoms with van der Waals surface area (Å²) in [5, 5.41) is 0.804. The average Bonchev–Trinajstić information content (AvgIpc) is 2.50. The Kier molecular flexibility index (Phi) is 6.25. The Morgan fingerprint density at radius 3 is 2.57 bits per heavy atom. The fraction of sp³-hybridized carbons (Fsp3) is 0.316.